The summed E-state index contributed by atoms with van der Waals surface area (Å²) in [7, 11) is 3.06. The molecule has 0 saturated heterocycles. The van der Waals surface area contributed by atoms with Crippen molar-refractivity contribution in [3.05, 3.63) is 152 Å². The zero-order valence-electron chi connectivity index (χ0n) is 42.3. The molecule has 0 amide bonds. The minimum atomic E-state index is -0.473. The topological polar surface area (TPSA) is 230 Å². The van der Waals surface area contributed by atoms with Crippen molar-refractivity contribution in [3.63, 3.8) is 0 Å². The van der Waals surface area contributed by atoms with Gasteiger partial charge in [-0.25, -0.2) is 0 Å². The van der Waals surface area contributed by atoms with Gasteiger partial charge in [0.05, 0.1) is 53.4 Å². The van der Waals surface area contributed by atoms with Crippen LogP contribution >= 0.6 is 0 Å². The molecule has 376 valence electrons. The van der Waals surface area contributed by atoms with Crippen molar-refractivity contribution in [1.29, 1.82) is 0 Å². The number of hydrogen-bond donors (Lipinski definition) is 1. The molecule has 1 N–H and O–H groups in total. The Kier molecular flexibility index (Phi) is 20.6. The van der Waals surface area contributed by atoms with Crippen LogP contribution in [0.4, 0.5) is 68.2 Å². The minimum absolute atomic E-state index is 0.0904. The highest BCUT2D eigenvalue weighted by atomic mass is 16.6. The Morgan fingerprint density at radius 3 is 1.14 bits per heavy atom. The van der Waals surface area contributed by atoms with Gasteiger partial charge < -0.3 is 24.4 Å². The Morgan fingerprint density at radius 1 is 0.458 bits per heavy atom. The van der Waals surface area contributed by atoms with Crippen LogP contribution in [0.1, 0.15) is 62.3 Å². The van der Waals surface area contributed by atoms with Crippen molar-refractivity contribution < 1.29 is 24.4 Å². The number of anilines is 2. The average molecular weight is 979 g/mol. The van der Waals surface area contributed by atoms with Crippen LogP contribution in [0.5, 0.6) is 11.5 Å². The Morgan fingerprint density at radius 2 is 0.806 bits per heavy atom. The van der Waals surface area contributed by atoms with Gasteiger partial charge >= 0.3 is 0 Å². The highest BCUT2D eigenvalue weighted by molar-refractivity contribution is 5.66. The highest BCUT2D eigenvalue weighted by Crippen LogP contribution is 2.39. The molecule has 0 fully saturated rings. The maximum atomic E-state index is 11.4. The quantitative estimate of drug-likeness (QED) is 0.0387. The zero-order chi connectivity index (χ0) is 52.2. The van der Waals surface area contributed by atoms with Gasteiger partial charge in [0.1, 0.15) is 22.9 Å². The number of ether oxygens (including phenoxy) is 2. The molecule has 6 aromatic rings. The third-order valence-electron chi connectivity index (χ3n) is 11.0. The van der Waals surface area contributed by atoms with E-state index in [1.54, 1.807) is 69.5 Å². The van der Waals surface area contributed by atoms with Gasteiger partial charge in [-0.15, -0.1) is 30.7 Å². The van der Waals surface area contributed by atoms with E-state index in [1.165, 1.54) is 24.9 Å². The first-order chi connectivity index (χ1) is 34.7. The van der Waals surface area contributed by atoms with Crippen LogP contribution in [0.2, 0.25) is 0 Å². The van der Waals surface area contributed by atoms with Gasteiger partial charge in [0.2, 0.25) is 0 Å². The molecule has 0 heterocycles. The van der Waals surface area contributed by atoms with Crippen molar-refractivity contribution in [2.45, 2.75) is 67.7 Å². The summed E-state index contributed by atoms with van der Waals surface area (Å²) < 4.78 is 11.0. The van der Waals surface area contributed by atoms with E-state index < -0.39 is 9.85 Å². The molecule has 72 heavy (non-hydrogen) atoms. The molecule has 0 radical (unpaired) electrons. The fourth-order valence-corrected chi connectivity index (χ4v) is 7.32. The van der Waals surface area contributed by atoms with E-state index in [9.17, 15) is 25.3 Å². The molecule has 19 nitrogen and oxygen atoms in total. The number of nitrogens with zero attached hydrogens (tertiary/aromatic N) is 12. The third-order valence-corrected chi connectivity index (χ3v) is 11.0. The van der Waals surface area contributed by atoms with Gasteiger partial charge in [-0.1, -0.05) is 32.9 Å². The lowest BCUT2D eigenvalue weighted by molar-refractivity contribution is -0.384. The van der Waals surface area contributed by atoms with Gasteiger partial charge in [-0.05, 0) is 142 Å². The van der Waals surface area contributed by atoms with Crippen molar-refractivity contribution in [1.82, 2.24) is 0 Å². The predicted octanol–water partition coefficient (Wildman–Crippen LogP) is 15.9. The molecule has 0 unspecified atom stereocenters. The lowest BCUT2D eigenvalue weighted by Gasteiger charge is -2.23. The minimum Gasteiger partial charge on any atom is -0.494 e. The number of rotatable bonds is 22. The molecular weight excluding hydrogens is 917 g/mol. The third kappa shape index (κ3) is 15.3. The Hall–Kier alpha value is -8.32. The fourth-order valence-electron chi connectivity index (χ4n) is 7.32. The van der Waals surface area contributed by atoms with Crippen LogP contribution in [0.25, 0.3) is 0 Å². The van der Waals surface area contributed by atoms with Gasteiger partial charge in [0.25, 0.3) is 11.4 Å². The number of azo groups is 4. The number of aliphatic hydroxyl groups excluding tert-OH is 1. The highest BCUT2D eigenvalue weighted by Gasteiger charge is 2.16. The smallest absolute Gasteiger partial charge is 0.296 e. The lowest BCUT2D eigenvalue weighted by Crippen LogP contribution is -2.27. The number of hydrogen-bond acceptors (Lipinski definition) is 17. The molecule has 19 heteroatoms. The number of methoxy groups -OCH3 is 2. The SMILES string of the molecule is CCCN(CCC)c1ccc(N=Nc2cc(C)c(N=Nc3ccc(C)cc3[N+](=O)[O-])cc2OC)cc1.CCCN(CCO)c1ccc(N=Nc2cc(C)c(N=Nc3ccc(C)cc3[N+](=O)[O-])cc2OC)cc1. The molecule has 0 aliphatic carbocycles. The Balaban J connectivity index is 0.000000267. The van der Waals surface area contributed by atoms with Crippen LogP contribution in [-0.2, 0) is 0 Å². The molecule has 0 atom stereocenters. The van der Waals surface area contributed by atoms with Crippen molar-refractivity contribution in [3.8, 4) is 11.5 Å². The summed E-state index contributed by atoms with van der Waals surface area (Å²) in [6, 6.07) is 32.2. The van der Waals surface area contributed by atoms with Gasteiger partial charge in [0, 0.05) is 61.8 Å². The number of benzene rings is 6. The molecule has 6 aromatic carbocycles. The number of aryl methyl sites for hydroxylation is 4. The normalized spacial score (nSPS) is 11.4. The zero-order valence-corrected chi connectivity index (χ0v) is 42.3. The molecule has 0 aliphatic rings. The average Bonchev–Trinajstić information content (AvgIpc) is 3.37. The predicted molar refractivity (Wildman–Crippen MR) is 283 cm³/mol. The van der Waals surface area contributed by atoms with Crippen molar-refractivity contribution in [2.24, 2.45) is 40.9 Å². The van der Waals surface area contributed by atoms with Gasteiger partial charge in [0.15, 0.2) is 11.4 Å². The van der Waals surface area contributed by atoms with Crippen LogP contribution in [0, 0.1) is 47.9 Å². The van der Waals surface area contributed by atoms with E-state index in [0.717, 1.165) is 72.5 Å². The standard InChI is InChI=1S/C27H32N6O3.C26H30N6O4/c1-6-14-32(15-7-2)22-11-9-21(10-12-22)28-31-25-17-20(4)24(18-27(25)36-5)30-29-23-13-8-19(3)16-26(23)33(34)35;1-5-12-31(13-14-33)21-9-7-20(8-10-21)27-30-24-16-19(3)23(17-26(24)36-4)29-28-22-11-6-18(2)15-25(22)32(34)35/h8-13,16-18H,6-7,14-15H2,1-5H3;6-11,15-17,33H,5,12-14H2,1-4H3. The fraction of sp³-hybridized carbons (Fsp3) is 0.321. The first-order valence-electron chi connectivity index (χ1n) is 23.6. The summed E-state index contributed by atoms with van der Waals surface area (Å²) in [5.74, 6) is 0.927. The van der Waals surface area contributed by atoms with E-state index in [1.807, 2.05) is 50.2 Å². The second-order valence-electron chi connectivity index (χ2n) is 16.7. The van der Waals surface area contributed by atoms with E-state index in [4.69, 9.17) is 9.47 Å². The van der Waals surface area contributed by atoms with E-state index >= 15 is 0 Å². The maximum absolute atomic E-state index is 11.4. The van der Waals surface area contributed by atoms with Gasteiger partial charge in [-0.3, -0.25) is 20.2 Å². The van der Waals surface area contributed by atoms with Crippen molar-refractivity contribution >= 4 is 68.2 Å². The van der Waals surface area contributed by atoms with E-state index in [0.29, 0.717) is 46.5 Å². The van der Waals surface area contributed by atoms with Crippen LogP contribution in [0.3, 0.4) is 0 Å². The van der Waals surface area contributed by atoms with Crippen molar-refractivity contribution in [2.75, 3.05) is 56.8 Å². The van der Waals surface area contributed by atoms with Crippen LogP contribution in [-0.4, -0.2) is 62.0 Å². The largest absolute Gasteiger partial charge is 0.494 e. The Labute approximate surface area is 420 Å². The molecule has 0 aliphatic heterocycles. The lowest BCUT2D eigenvalue weighted by atomic mass is 10.1. The molecule has 0 saturated carbocycles. The summed E-state index contributed by atoms with van der Waals surface area (Å²) in [6.45, 7) is 17.3. The number of nitro groups is 2. The van der Waals surface area contributed by atoms with Crippen LogP contribution in [0.15, 0.2) is 150 Å². The van der Waals surface area contributed by atoms with E-state index in [-0.39, 0.29) is 29.4 Å². The summed E-state index contributed by atoms with van der Waals surface area (Å²) in [6.07, 6.45) is 3.17. The molecule has 0 aromatic heterocycles. The maximum Gasteiger partial charge on any atom is 0.296 e. The number of aliphatic hydroxyl groups is 1. The first-order valence-corrected chi connectivity index (χ1v) is 23.6. The summed E-state index contributed by atoms with van der Waals surface area (Å²) in [5.41, 5.74) is 8.97. The summed E-state index contributed by atoms with van der Waals surface area (Å²) >= 11 is 0. The first kappa shape index (κ1) is 54.6. The van der Waals surface area contributed by atoms with E-state index in [2.05, 4.69) is 83.6 Å². The molecular formula is C53H62N12O7. The van der Waals surface area contributed by atoms with Gasteiger partial charge in [-0.2, -0.15) is 10.2 Å². The molecule has 6 rings (SSSR count). The summed E-state index contributed by atoms with van der Waals surface area (Å²) in [5, 5.41) is 66.1. The second kappa shape index (κ2) is 27.2. The monoisotopic (exact) mass is 978 g/mol. The van der Waals surface area contributed by atoms with Crippen LogP contribution < -0.4 is 19.3 Å². The Bertz CT molecular complexity index is 2700. The molecule has 0 spiro atoms. The molecule has 0 bridgehead atoms. The summed E-state index contributed by atoms with van der Waals surface area (Å²) in [4.78, 5) is 26.2. The second-order valence-corrected chi connectivity index (χ2v) is 16.7. The number of nitro benzene ring substituents is 2.